The van der Waals surface area contributed by atoms with E-state index in [0.717, 1.165) is 11.3 Å². The first kappa shape index (κ1) is 15.7. The van der Waals surface area contributed by atoms with Crippen LogP contribution in [-0.4, -0.2) is 17.7 Å². The number of carbonyl (C=O) groups is 1. The molecule has 1 aliphatic rings. The number of quaternary nitrogens is 1. The summed E-state index contributed by atoms with van der Waals surface area (Å²) in [4.78, 5) is 12.5. The van der Waals surface area contributed by atoms with Crippen LogP contribution in [0.15, 0.2) is 35.4 Å². The van der Waals surface area contributed by atoms with E-state index in [-0.39, 0.29) is 11.9 Å². The molecule has 1 aliphatic carbocycles. The first-order valence-electron chi connectivity index (χ1n) is 7.87. The number of benzene rings is 1. The average molecular weight is 288 g/mol. The molecule has 114 valence electrons. The second kappa shape index (κ2) is 7.93. The number of hydrogen-bond donors (Lipinski definition) is 2. The molecule has 1 atom stereocenters. The molecular formula is C17H26N3O+. The zero-order valence-corrected chi connectivity index (χ0v) is 13.0. The van der Waals surface area contributed by atoms with E-state index in [0.29, 0.717) is 6.04 Å². The summed E-state index contributed by atoms with van der Waals surface area (Å²) < 4.78 is 0. The highest BCUT2D eigenvalue weighted by Gasteiger charge is 2.28. The molecule has 1 aromatic rings. The molecule has 0 spiro atoms. The fourth-order valence-corrected chi connectivity index (χ4v) is 2.85. The van der Waals surface area contributed by atoms with Crippen LogP contribution >= 0.6 is 0 Å². The van der Waals surface area contributed by atoms with Gasteiger partial charge in [0.05, 0.1) is 6.04 Å². The van der Waals surface area contributed by atoms with Gasteiger partial charge in [-0.1, -0.05) is 36.8 Å². The van der Waals surface area contributed by atoms with Crippen LogP contribution in [0.2, 0.25) is 0 Å². The van der Waals surface area contributed by atoms with Crippen molar-refractivity contribution < 1.29 is 10.1 Å². The lowest BCUT2D eigenvalue weighted by Gasteiger charge is -2.24. The van der Waals surface area contributed by atoms with Crippen molar-refractivity contribution in [2.75, 3.05) is 0 Å². The summed E-state index contributed by atoms with van der Waals surface area (Å²) in [6.45, 7) is 3.76. The first-order chi connectivity index (χ1) is 10.2. The molecule has 0 saturated heterocycles. The molecule has 0 heterocycles. The van der Waals surface area contributed by atoms with Gasteiger partial charge in [-0.15, -0.1) is 0 Å². The molecule has 0 radical (unpaired) electrons. The Kier molecular flexibility index (Phi) is 5.93. The number of nitrogens with zero attached hydrogens (tertiary/aromatic N) is 1. The molecule has 0 aliphatic heterocycles. The van der Waals surface area contributed by atoms with Gasteiger partial charge < -0.3 is 5.32 Å². The predicted octanol–water partition coefficient (Wildman–Crippen LogP) is 2.14. The van der Waals surface area contributed by atoms with E-state index in [1.807, 2.05) is 44.2 Å². The van der Waals surface area contributed by atoms with Gasteiger partial charge in [-0.2, -0.15) is 5.10 Å². The number of hydrazone groups is 1. The van der Waals surface area contributed by atoms with Crippen molar-refractivity contribution in [3.05, 3.63) is 35.9 Å². The Labute approximate surface area is 127 Å². The van der Waals surface area contributed by atoms with Gasteiger partial charge in [-0.25, -0.2) is 5.43 Å². The molecular weight excluding hydrogens is 262 g/mol. The summed E-state index contributed by atoms with van der Waals surface area (Å²) in [6, 6.07) is 10.3. The van der Waals surface area contributed by atoms with Crippen molar-refractivity contribution in [3.63, 3.8) is 0 Å². The minimum absolute atomic E-state index is 0.0343. The Hall–Kier alpha value is -1.68. The van der Waals surface area contributed by atoms with E-state index in [9.17, 15) is 4.79 Å². The minimum Gasteiger partial charge on any atom is -0.330 e. The van der Waals surface area contributed by atoms with Gasteiger partial charge in [0.2, 0.25) is 0 Å². The number of carbonyl (C=O) groups excluding carboxylic acids is 1. The molecule has 1 amide bonds. The fraction of sp³-hybridized carbons (Fsp3) is 0.529. The summed E-state index contributed by atoms with van der Waals surface area (Å²) >= 11 is 0. The summed E-state index contributed by atoms with van der Waals surface area (Å²) in [6.07, 6.45) is 6.28. The first-order valence-corrected chi connectivity index (χ1v) is 7.87. The fourth-order valence-electron chi connectivity index (χ4n) is 2.85. The van der Waals surface area contributed by atoms with E-state index in [4.69, 9.17) is 0 Å². The lowest BCUT2D eigenvalue weighted by Crippen LogP contribution is -2.92. The quantitative estimate of drug-likeness (QED) is 0.633. The van der Waals surface area contributed by atoms with E-state index in [1.54, 1.807) is 0 Å². The van der Waals surface area contributed by atoms with Crippen molar-refractivity contribution in [1.29, 1.82) is 0 Å². The van der Waals surface area contributed by atoms with Crippen LogP contribution in [0.4, 0.5) is 0 Å². The SMILES string of the molecule is CC(C)=NNC(=O)[C@@H]([NH2+]C1CCCCC1)c1ccccc1. The van der Waals surface area contributed by atoms with E-state index >= 15 is 0 Å². The summed E-state index contributed by atoms with van der Waals surface area (Å²) in [7, 11) is 0. The third kappa shape index (κ3) is 4.97. The van der Waals surface area contributed by atoms with Gasteiger partial charge in [0.25, 0.3) is 0 Å². The van der Waals surface area contributed by atoms with Gasteiger partial charge in [-0.3, -0.25) is 4.79 Å². The third-order valence-electron chi connectivity index (χ3n) is 3.95. The predicted molar refractivity (Wildman–Crippen MR) is 84.9 cm³/mol. The molecule has 1 saturated carbocycles. The smallest absolute Gasteiger partial charge is 0.303 e. The van der Waals surface area contributed by atoms with Crippen LogP contribution in [0.5, 0.6) is 0 Å². The van der Waals surface area contributed by atoms with Crippen LogP contribution in [0.25, 0.3) is 0 Å². The molecule has 0 unspecified atom stereocenters. The Morgan fingerprint density at radius 3 is 2.48 bits per heavy atom. The van der Waals surface area contributed by atoms with Crippen molar-refractivity contribution in [2.45, 2.75) is 58.0 Å². The van der Waals surface area contributed by atoms with Crippen LogP contribution < -0.4 is 10.7 Å². The van der Waals surface area contributed by atoms with E-state index < -0.39 is 0 Å². The van der Waals surface area contributed by atoms with Crippen LogP contribution in [0, 0.1) is 0 Å². The number of hydrogen-bond acceptors (Lipinski definition) is 2. The standard InChI is InChI=1S/C17H25N3O/c1-13(2)19-20-17(21)16(14-9-5-3-6-10-14)18-15-11-7-4-8-12-15/h3,5-6,9-10,15-16,18H,4,7-8,11-12H2,1-2H3,(H,20,21)/p+1/t16-/m0/s1. The maximum atomic E-state index is 12.5. The molecule has 21 heavy (non-hydrogen) atoms. The van der Waals surface area contributed by atoms with Crippen molar-refractivity contribution in [2.24, 2.45) is 5.10 Å². The highest BCUT2D eigenvalue weighted by Crippen LogP contribution is 2.17. The van der Waals surface area contributed by atoms with Gasteiger partial charge >= 0.3 is 5.91 Å². The zero-order chi connectivity index (χ0) is 15.1. The summed E-state index contributed by atoms with van der Waals surface area (Å²) in [5, 5.41) is 6.29. The lowest BCUT2D eigenvalue weighted by atomic mass is 9.94. The monoisotopic (exact) mass is 288 g/mol. The largest absolute Gasteiger partial charge is 0.330 e. The topological polar surface area (TPSA) is 58.1 Å². The Bertz CT molecular complexity index is 474. The average Bonchev–Trinajstić information content (AvgIpc) is 2.52. The van der Waals surface area contributed by atoms with Crippen molar-refractivity contribution in [3.8, 4) is 0 Å². The van der Waals surface area contributed by atoms with Crippen molar-refractivity contribution >= 4 is 11.6 Å². The second-order valence-electron chi connectivity index (χ2n) is 6.01. The molecule has 2 rings (SSSR count). The van der Waals surface area contributed by atoms with Gasteiger partial charge in [0, 0.05) is 11.3 Å². The Morgan fingerprint density at radius 2 is 1.86 bits per heavy atom. The maximum Gasteiger partial charge on any atom is 0.303 e. The molecule has 4 heteroatoms. The van der Waals surface area contributed by atoms with Gasteiger partial charge in [0.1, 0.15) is 0 Å². The highest BCUT2D eigenvalue weighted by atomic mass is 16.2. The number of nitrogens with one attached hydrogen (secondary N) is 1. The van der Waals surface area contributed by atoms with E-state index in [2.05, 4.69) is 15.8 Å². The van der Waals surface area contributed by atoms with Crippen molar-refractivity contribution in [1.82, 2.24) is 5.43 Å². The third-order valence-corrected chi connectivity index (χ3v) is 3.95. The van der Waals surface area contributed by atoms with Crippen LogP contribution in [0.1, 0.15) is 57.6 Å². The van der Waals surface area contributed by atoms with Gasteiger partial charge in [0.15, 0.2) is 6.04 Å². The molecule has 4 nitrogen and oxygen atoms in total. The number of rotatable bonds is 5. The van der Waals surface area contributed by atoms with Gasteiger partial charge in [-0.05, 0) is 39.5 Å². The van der Waals surface area contributed by atoms with Crippen LogP contribution in [-0.2, 0) is 4.79 Å². The molecule has 1 fully saturated rings. The van der Waals surface area contributed by atoms with E-state index in [1.165, 1.54) is 32.1 Å². The molecule has 3 N–H and O–H groups in total. The summed E-state index contributed by atoms with van der Waals surface area (Å²) in [5.41, 5.74) is 4.59. The Balaban J connectivity index is 2.09. The zero-order valence-electron chi connectivity index (χ0n) is 13.0. The van der Waals surface area contributed by atoms with Crippen LogP contribution in [0.3, 0.4) is 0 Å². The minimum atomic E-state index is -0.211. The highest BCUT2D eigenvalue weighted by molar-refractivity contribution is 5.85. The maximum absolute atomic E-state index is 12.5. The summed E-state index contributed by atoms with van der Waals surface area (Å²) in [5.74, 6) is -0.0343. The number of nitrogens with two attached hydrogens (primary N) is 1. The molecule has 0 aromatic heterocycles. The molecule has 0 bridgehead atoms. The number of amides is 1. The molecule has 1 aromatic carbocycles. The second-order valence-corrected chi connectivity index (χ2v) is 6.01. The lowest BCUT2D eigenvalue weighted by molar-refractivity contribution is -0.718. The normalized spacial score (nSPS) is 17.0. The Morgan fingerprint density at radius 1 is 1.19 bits per heavy atom.